The number of ether oxygens (including phenoxy) is 1. The maximum absolute atomic E-state index is 13.5. The molecular formula is C27H32F3N6O3+. The third kappa shape index (κ3) is 6.16. The zero-order chi connectivity index (χ0) is 29.3. The zero-order valence-corrected chi connectivity index (χ0v) is 22.4. The average Bonchev–Trinajstić information content (AvgIpc) is 2.85. The van der Waals surface area contributed by atoms with Gasteiger partial charge in [0.25, 0.3) is 0 Å². The molecule has 0 saturated heterocycles. The van der Waals surface area contributed by atoms with Gasteiger partial charge in [-0.05, 0) is 48.4 Å². The van der Waals surface area contributed by atoms with E-state index in [1.807, 2.05) is 21.1 Å². The molecule has 3 rings (SSSR count). The van der Waals surface area contributed by atoms with Gasteiger partial charge in [-0.1, -0.05) is 12.1 Å². The maximum atomic E-state index is 13.5. The number of nitrogens with zero attached hydrogens (tertiary/aromatic N) is 4. The fourth-order valence-electron chi connectivity index (χ4n) is 4.67. The molecule has 1 unspecified atom stereocenters. The van der Waals surface area contributed by atoms with Crippen molar-refractivity contribution in [3.8, 4) is 6.07 Å². The Labute approximate surface area is 225 Å². The molecular weight excluding hydrogens is 513 g/mol. The summed E-state index contributed by atoms with van der Waals surface area (Å²) in [5.41, 5.74) is 13.1. The summed E-state index contributed by atoms with van der Waals surface area (Å²) < 4.78 is 46.1. The summed E-state index contributed by atoms with van der Waals surface area (Å²) in [5, 5.41) is 9.51. The summed E-state index contributed by atoms with van der Waals surface area (Å²) in [6.07, 6.45) is -5.52. The predicted octanol–water partition coefficient (Wildman–Crippen LogP) is 3.46. The fraction of sp³-hybridized carbons (Fsp3) is 0.370. The molecule has 0 fully saturated rings. The van der Waals surface area contributed by atoms with Crippen molar-refractivity contribution in [2.24, 2.45) is 11.5 Å². The summed E-state index contributed by atoms with van der Waals surface area (Å²) in [6, 6.07) is 9.23. The van der Waals surface area contributed by atoms with E-state index in [0.717, 1.165) is 24.1 Å². The van der Waals surface area contributed by atoms with Crippen molar-refractivity contribution in [1.82, 2.24) is 4.90 Å². The Bertz CT molecular complexity index is 1340. The van der Waals surface area contributed by atoms with Gasteiger partial charge >= 0.3 is 18.2 Å². The summed E-state index contributed by atoms with van der Waals surface area (Å²) >= 11 is 0. The van der Waals surface area contributed by atoms with Crippen LogP contribution in [-0.4, -0.2) is 62.5 Å². The second-order valence-electron chi connectivity index (χ2n) is 10.3. The van der Waals surface area contributed by atoms with Crippen LogP contribution in [0.4, 0.5) is 23.7 Å². The van der Waals surface area contributed by atoms with Crippen molar-refractivity contribution in [2.45, 2.75) is 31.9 Å². The van der Waals surface area contributed by atoms with E-state index in [9.17, 15) is 28.0 Å². The number of hydrogen-bond acceptors (Lipinski definition) is 6. The number of esters is 1. The quantitative estimate of drug-likeness (QED) is 0.423. The van der Waals surface area contributed by atoms with E-state index in [4.69, 9.17) is 16.2 Å². The van der Waals surface area contributed by atoms with Crippen molar-refractivity contribution < 1.29 is 32.0 Å². The van der Waals surface area contributed by atoms with Gasteiger partial charge in [0.1, 0.15) is 0 Å². The number of nitrogens with two attached hydrogens (primary N) is 2. The SMILES string of the molecule is COC(=O)C1=C(C)N(c2cccc(C(F)(F)F)c2)C(N)N(C(N)=O)[C@@H]1c1ccc(C#N)cc1CC[N+](C)(C)C. The Morgan fingerprint density at radius 3 is 2.36 bits per heavy atom. The number of hydrogen-bond donors (Lipinski definition) is 2. The molecule has 2 atom stereocenters. The maximum Gasteiger partial charge on any atom is 0.416 e. The molecule has 1 heterocycles. The molecule has 0 bridgehead atoms. The van der Waals surface area contributed by atoms with Gasteiger partial charge in [0.2, 0.25) is 0 Å². The largest absolute Gasteiger partial charge is 0.466 e. The van der Waals surface area contributed by atoms with Gasteiger partial charge in [-0.3, -0.25) is 10.6 Å². The number of carbonyl (C=O) groups excluding carboxylic acids is 2. The number of allylic oxidation sites excluding steroid dienone is 1. The number of primary amides is 1. The van der Waals surface area contributed by atoms with Crippen molar-refractivity contribution in [1.29, 1.82) is 5.26 Å². The number of anilines is 1. The van der Waals surface area contributed by atoms with Crippen LogP contribution in [0.3, 0.4) is 0 Å². The van der Waals surface area contributed by atoms with Crippen LogP contribution in [0, 0.1) is 11.3 Å². The lowest BCUT2D eigenvalue weighted by Crippen LogP contribution is -2.62. The van der Waals surface area contributed by atoms with Gasteiger partial charge in [-0.2, -0.15) is 18.4 Å². The second-order valence-corrected chi connectivity index (χ2v) is 10.3. The van der Waals surface area contributed by atoms with Crippen molar-refractivity contribution in [3.05, 3.63) is 76.0 Å². The molecule has 2 amide bonds. The summed E-state index contributed by atoms with van der Waals surface area (Å²) in [5.74, 6) is -0.811. The molecule has 0 saturated carbocycles. The number of halogens is 3. The predicted molar refractivity (Wildman–Crippen MR) is 139 cm³/mol. The number of likely N-dealkylation sites (N-methyl/N-ethyl adjacent to an activating group) is 1. The molecule has 0 spiro atoms. The van der Waals surface area contributed by atoms with Crippen LogP contribution < -0.4 is 16.4 Å². The van der Waals surface area contributed by atoms with Crippen molar-refractivity contribution in [2.75, 3.05) is 39.7 Å². The van der Waals surface area contributed by atoms with Gasteiger partial charge in [0.05, 0.1) is 63.6 Å². The molecule has 1 aliphatic rings. The lowest BCUT2D eigenvalue weighted by molar-refractivity contribution is -0.870. The molecule has 208 valence electrons. The van der Waals surface area contributed by atoms with Crippen molar-refractivity contribution in [3.63, 3.8) is 0 Å². The monoisotopic (exact) mass is 545 g/mol. The normalized spacial score (nSPS) is 18.2. The number of alkyl halides is 3. The van der Waals surface area contributed by atoms with Crippen LogP contribution in [0.15, 0.2) is 53.7 Å². The van der Waals surface area contributed by atoms with Crippen molar-refractivity contribution >= 4 is 17.7 Å². The summed E-state index contributed by atoms with van der Waals surface area (Å²) in [7, 11) is 7.15. The Hall–Kier alpha value is -4.08. The molecule has 9 nitrogen and oxygen atoms in total. The van der Waals surface area contributed by atoms with E-state index in [0.29, 0.717) is 34.1 Å². The minimum absolute atomic E-state index is 0.00557. The zero-order valence-electron chi connectivity index (χ0n) is 22.4. The number of rotatable bonds is 6. The van der Waals surface area contributed by atoms with Gasteiger partial charge < -0.3 is 19.9 Å². The standard InChI is InChI=1S/C27H31F3N6O3/c1-16-22(24(37)39-5)23(21-10-9-17(15-31)13-18(21)11-12-36(2,3)4)35(26(33)38)25(32)34(16)20-8-6-7-19(14-20)27(28,29)30/h6-10,13-14,23,25H,11-12,32H2,1-5H3,(H-,33,38)/p+1/t23-,25?/m1/s1. The topological polar surface area (TPSA) is 126 Å². The second kappa shape index (κ2) is 11.0. The molecule has 39 heavy (non-hydrogen) atoms. The summed E-state index contributed by atoms with van der Waals surface area (Å²) in [4.78, 5) is 28.4. The highest BCUT2D eigenvalue weighted by atomic mass is 19.4. The highest BCUT2D eigenvalue weighted by molar-refractivity contribution is 5.94. The highest BCUT2D eigenvalue weighted by Crippen LogP contribution is 2.42. The first-order valence-electron chi connectivity index (χ1n) is 12.0. The van der Waals surface area contributed by atoms with Crippen LogP contribution >= 0.6 is 0 Å². The molecule has 1 aliphatic heterocycles. The minimum atomic E-state index is -4.63. The number of nitriles is 1. The Morgan fingerprint density at radius 1 is 1.15 bits per heavy atom. The number of urea groups is 1. The number of methoxy groups -OCH3 is 1. The smallest absolute Gasteiger partial charge is 0.416 e. The van der Waals surface area contributed by atoms with E-state index in [1.54, 1.807) is 18.2 Å². The van der Waals surface area contributed by atoms with Gasteiger partial charge in [-0.25, -0.2) is 9.59 Å². The lowest BCUT2D eigenvalue weighted by Gasteiger charge is -2.48. The van der Waals surface area contributed by atoms with Gasteiger partial charge in [0, 0.05) is 17.8 Å². The summed E-state index contributed by atoms with van der Waals surface area (Å²) in [6.45, 7) is 2.18. The molecule has 2 aromatic carbocycles. The average molecular weight is 546 g/mol. The first-order valence-corrected chi connectivity index (χ1v) is 12.0. The van der Waals surface area contributed by atoms with E-state index in [1.165, 1.54) is 24.0 Å². The van der Waals surface area contributed by atoms with E-state index >= 15 is 0 Å². The Kier molecular flexibility index (Phi) is 8.28. The highest BCUT2D eigenvalue weighted by Gasteiger charge is 2.45. The Balaban J connectivity index is 2.32. The third-order valence-corrected chi connectivity index (χ3v) is 6.58. The molecule has 2 aromatic rings. The first-order chi connectivity index (χ1) is 18.1. The fourth-order valence-corrected chi connectivity index (χ4v) is 4.67. The minimum Gasteiger partial charge on any atom is -0.466 e. The number of carbonyl (C=O) groups is 2. The van der Waals surface area contributed by atoms with Crippen LogP contribution in [-0.2, 0) is 22.1 Å². The lowest BCUT2D eigenvalue weighted by atomic mass is 9.87. The Morgan fingerprint density at radius 2 is 1.82 bits per heavy atom. The van der Waals surface area contributed by atoms with E-state index in [-0.39, 0.29) is 17.0 Å². The number of amides is 2. The van der Waals surface area contributed by atoms with E-state index < -0.39 is 36.1 Å². The molecule has 0 aliphatic carbocycles. The number of benzene rings is 2. The van der Waals surface area contributed by atoms with Crippen LogP contribution in [0.5, 0.6) is 0 Å². The number of quaternary nitrogens is 1. The molecule has 0 radical (unpaired) electrons. The van der Waals surface area contributed by atoms with Gasteiger partial charge in [-0.15, -0.1) is 0 Å². The van der Waals surface area contributed by atoms with Crippen LogP contribution in [0.2, 0.25) is 0 Å². The van der Waals surface area contributed by atoms with Gasteiger partial charge in [0.15, 0.2) is 6.29 Å². The molecule has 4 N–H and O–H groups in total. The van der Waals surface area contributed by atoms with Crippen LogP contribution in [0.25, 0.3) is 0 Å². The first kappa shape index (κ1) is 29.5. The van der Waals surface area contributed by atoms with E-state index in [2.05, 4.69) is 6.07 Å². The molecule has 0 aromatic heterocycles. The van der Waals surface area contributed by atoms with Crippen LogP contribution in [0.1, 0.15) is 35.2 Å². The third-order valence-electron chi connectivity index (χ3n) is 6.58. The molecule has 12 heteroatoms.